The molecule has 0 heterocycles. The Hall–Kier alpha value is -1.14. The minimum atomic E-state index is -0.593. The molecule has 120 valence electrons. The van der Waals surface area contributed by atoms with E-state index in [4.69, 9.17) is 14.2 Å². The summed E-state index contributed by atoms with van der Waals surface area (Å²) in [4.78, 5) is 0. The average Bonchev–Trinajstić information content (AvgIpc) is 2.50. The molecular formula is C16H27NO4. The summed E-state index contributed by atoms with van der Waals surface area (Å²) < 4.78 is 16.4. The molecule has 5 nitrogen and oxygen atoms in total. The van der Waals surface area contributed by atoms with Gasteiger partial charge in [0.05, 0.1) is 13.2 Å². The summed E-state index contributed by atoms with van der Waals surface area (Å²) in [6.07, 6.45) is 1.10. The van der Waals surface area contributed by atoms with E-state index in [0.717, 1.165) is 18.6 Å². The largest absolute Gasteiger partial charge is 0.494 e. The molecule has 1 atom stereocenters. The Morgan fingerprint density at radius 2 is 1.62 bits per heavy atom. The van der Waals surface area contributed by atoms with Crippen LogP contribution >= 0.6 is 0 Å². The topological polar surface area (TPSA) is 60.0 Å². The van der Waals surface area contributed by atoms with Gasteiger partial charge in [0.15, 0.2) is 0 Å². The number of nitrogens with one attached hydrogen (secondary N) is 1. The molecule has 0 bridgehead atoms. The van der Waals surface area contributed by atoms with Crippen molar-refractivity contribution in [3.63, 3.8) is 0 Å². The number of hydrogen-bond acceptors (Lipinski definition) is 5. The molecule has 5 heteroatoms. The molecule has 0 radical (unpaired) electrons. The molecule has 0 aliphatic heterocycles. The predicted molar refractivity (Wildman–Crippen MR) is 82.6 cm³/mol. The van der Waals surface area contributed by atoms with Gasteiger partial charge in [-0.25, -0.2) is 0 Å². The summed E-state index contributed by atoms with van der Waals surface area (Å²) in [6.45, 7) is 4.97. The van der Waals surface area contributed by atoms with Crippen molar-refractivity contribution in [1.29, 1.82) is 0 Å². The lowest BCUT2D eigenvalue weighted by Gasteiger charge is -2.10. The molecule has 0 spiro atoms. The van der Waals surface area contributed by atoms with Crippen molar-refractivity contribution in [1.82, 2.24) is 5.32 Å². The molecule has 0 saturated carbocycles. The smallest absolute Gasteiger partial charge is 0.128 e. The number of aliphatic hydroxyl groups excluding tert-OH is 1. The minimum absolute atomic E-state index is 0.306. The van der Waals surface area contributed by atoms with Crippen LogP contribution in [0.2, 0.25) is 0 Å². The van der Waals surface area contributed by atoms with Gasteiger partial charge in [0.2, 0.25) is 0 Å². The van der Waals surface area contributed by atoms with Crippen LogP contribution in [-0.4, -0.2) is 51.4 Å². The summed E-state index contributed by atoms with van der Waals surface area (Å²) in [7, 11) is 1.69. The summed E-state index contributed by atoms with van der Waals surface area (Å²) in [5.41, 5.74) is 1.23. The summed E-state index contributed by atoms with van der Waals surface area (Å²) >= 11 is 0. The number of ether oxygens (including phenoxy) is 3. The number of aliphatic hydroxyl groups is 1. The van der Waals surface area contributed by atoms with Crippen LogP contribution in [0.15, 0.2) is 24.3 Å². The van der Waals surface area contributed by atoms with Crippen LogP contribution in [0.4, 0.5) is 0 Å². The highest BCUT2D eigenvalue weighted by Crippen LogP contribution is 2.11. The second kappa shape index (κ2) is 11.5. The highest BCUT2D eigenvalue weighted by Gasteiger charge is 1.99. The van der Waals surface area contributed by atoms with Crippen LogP contribution in [0.1, 0.15) is 18.4 Å². The van der Waals surface area contributed by atoms with Crippen molar-refractivity contribution in [3.8, 4) is 5.75 Å². The first-order valence-corrected chi connectivity index (χ1v) is 7.42. The van der Waals surface area contributed by atoms with Gasteiger partial charge in [-0.05, 0) is 32.5 Å². The van der Waals surface area contributed by atoms with Gasteiger partial charge < -0.3 is 19.3 Å². The van der Waals surface area contributed by atoms with Gasteiger partial charge in [0, 0.05) is 26.2 Å². The first-order valence-electron chi connectivity index (χ1n) is 7.42. The highest BCUT2D eigenvalue weighted by atomic mass is 16.5. The lowest BCUT2D eigenvalue weighted by Crippen LogP contribution is -2.29. The van der Waals surface area contributed by atoms with Crippen LogP contribution in [0.25, 0.3) is 0 Å². The van der Waals surface area contributed by atoms with Gasteiger partial charge in [-0.15, -0.1) is 0 Å². The molecule has 21 heavy (non-hydrogen) atoms. The summed E-state index contributed by atoms with van der Waals surface area (Å²) in [5, 5.41) is 11.9. The van der Waals surface area contributed by atoms with Gasteiger partial charge in [-0.1, -0.05) is 17.7 Å². The predicted octanol–water partition coefficient (Wildman–Crippen LogP) is 1.73. The van der Waals surface area contributed by atoms with Crippen LogP contribution in [0.3, 0.4) is 0 Å². The number of hydrogen-bond donors (Lipinski definition) is 2. The van der Waals surface area contributed by atoms with Gasteiger partial charge in [0.25, 0.3) is 0 Å². The number of aryl methyl sites for hydroxylation is 1. The van der Waals surface area contributed by atoms with Gasteiger partial charge in [-0.2, -0.15) is 0 Å². The Labute approximate surface area is 127 Å². The zero-order chi connectivity index (χ0) is 15.3. The molecule has 0 fully saturated rings. The fraction of sp³-hybridized carbons (Fsp3) is 0.625. The maximum Gasteiger partial charge on any atom is 0.128 e. The van der Waals surface area contributed by atoms with E-state index >= 15 is 0 Å². The van der Waals surface area contributed by atoms with Crippen LogP contribution in [-0.2, 0) is 9.47 Å². The van der Waals surface area contributed by atoms with Crippen molar-refractivity contribution in [2.24, 2.45) is 0 Å². The summed E-state index contributed by atoms with van der Waals surface area (Å²) in [5.74, 6) is 0.900. The molecule has 0 aliphatic rings. The molecule has 1 aromatic carbocycles. The third-order valence-corrected chi connectivity index (χ3v) is 2.91. The Morgan fingerprint density at radius 3 is 2.29 bits per heavy atom. The Balaban J connectivity index is 1.85. The number of likely N-dealkylation sites (N-methyl/N-ethyl adjacent to an activating group) is 1. The zero-order valence-electron chi connectivity index (χ0n) is 13.0. The zero-order valence-corrected chi connectivity index (χ0v) is 13.0. The molecule has 0 amide bonds. The van der Waals surface area contributed by atoms with Crippen LogP contribution < -0.4 is 10.1 Å². The Kier molecular flexibility index (Phi) is 9.82. The fourth-order valence-electron chi connectivity index (χ4n) is 1.63. The molecule has 1 rings (SSSR count). The molecule has 0 aromatic heterocycles. The van der Waals surface area contributed by atoms with Gasteiger partial charge >= 0.3 is 0 Å². The van der Waals surface area contributed by atoms with E-state index in [1.165, 1.54) is 5.56 Å². The van der Waals surface area contributed by atoms with E-state index in [1.807, 2.05) is 24.3 Å². The van der Waals surface area contributed by atoms with E-state index in [2.05, 4.69) is 12.2 Å². The van der Waals surface area contributed by atoms with Crippen molar-refractivity contribution >= 4 is 0 Å². The monoisotopic (exact) mass is 297 g/mol. The molecular weight excluding hydrogens is 270 g/mol. The SMILES string of the molecule is CN[C@H](O)COCCCOCCCOc1ccc(C)cc1. The van der Waals surface area contributed by atoms with E-state index in [9.17, 15) is 5.11 Å². The summed E-state index contributed by atoms with van der Waals surface area (Å²) in [6, 6.07) is 8.04. The second-order valence-electron chi connectivity index (χ2n) is 4.86. The maximum atomic E-state index is 9.19. The normalized spacial score (nSPS) is 12.3. The van der Waals surface area contributed by atoms with Gasteiger partial charge in [0.1, 0.15) is 12.0 Å². The van der Waals surface area contributed by atoms with E-state index in [1.54, 1.807) is 7.05 Å². The van der Waals surface area contributed by atoms with Gasteiger partial charge in [-0.3, -0.25) is 5.32 Å². The standard InChI is InChI=1S/C16H27NO4/c1-14-5-7-15(8-6-14)21-12-4-10-19-9-3-11-20-13-16(18)17-2/h5-8,16-18H,3-4,9-13H2,1-2H3/t16-/m1/s1. The quantitative estimate of drug-likeness (QED) is 0.454. The third-order valence-electron chi connectivity index (χ3n) is 2.91. The van der Waals surface area contributed by atoms with Crippen LogP contribution in [0.5, 0.6) is 5.75 Å². The Morgan fingerprint density at radius 1 is 1.00 bits per heavy atom. The molecule has 0 unspecified atom stereocenters. The average molecular weight is 297 g/mol. The van der Waals surface area contributed by atoms with Crippen molar-refractivity contribution < 1.29 is 19.3 Å². The first-order chi connectivity index (χ1) is 10.2. The molecule has 0 aliphatic carbocycles. The lowest BCUT2D eigenvalue weighted by molar-refractivity contribution is 0.0129. The third kappa shape index (κ3) is 9.42. The van der Waals surface area contributed by atoms with E-state index in [0.29, 0.717) is 33.0 Å². The number of rotatable bonds is 12. The Bertz CT molecular complexity index is 356. The van der Waals surface area contributed by atoms with E-state index in [-0.39, 0.29) is 0 Å². The maximum absolute atomic E-state index is 9.19. The molecule has 1 aromatic rings. The minimum Gasteiger partial charge on any atom is -0.494 e. The molecule has 0 saturated heterocycles. The number of benzene rings is 1. The van der Waals surface area contributed by atoms with E-state index < -0.39 is 6.23 Å². The first kappa shape index (κ1) is 17.9. The van der Waals surface area contributed by atoms with Crippen molar-refractivity contribution in [2.45, 2.75) is 26.0 Å². The van der Waals surface area contributed by atoms with Crippen molar-refractivity contribution in [2.75, 3.05) is 40.1 Å². The molecule has 2 N–H and O–H groups in total. The lowest BCUT2D eigenvalue weighted by atomic mass is 10.2. The second-order valence-corrected chi connectivity index (χ2v) is 4.86. The fourth-order valence-corrected chi connectivity index (χ4v) is 1.63. The highest BCUT2D eigenvalue weighted by molar-refractivity contribution is 5.26. The van der Waals surface area contributed by atoms with Crippen LogP contribution in [0, 0.1) is 6.92 Å². The van der Waals surface area contributed by atoms with Crippen molar-refractivity contribution in [3.05, 3.63) is 29.8 Å².